The van der Waals surface area contributed by atoms with Crippen LogP contribution in [0.4, 0.5) is 13.2 Å². The molecule has 1 aromatic rings. The Balaban J connectivity index is 2.79. The summed E-state index contributed by atoms with van der Waals surface area (Å²) >= 11 is 0. The van der Waals surface area contributed by atoms with E-state index in [4.69, 9.17) is 10.8 Å². The van der Waals surface area contributed by atoms with E-state index in [-0.39, 0.29) is 18.7 Å². The monoisotopic (exact) mass is 263 g/mol. The molecule has 0 saturated carbocycles. The molecule has 0 aliphatic carbocycles. The molecule has 0 fully saturated rings. The quantitative estimate of drug-likeness (QED) is 0.849. The van der Waals surface area contributed by atoms with Crippen molar-refractivity contribution >= 4 is 5.97 Å². The van der Waals surface area contributed by atoms with Crippen molar-refractivity contribution in [3.8, 4) is 5.75 Å². The van der Waals surface area contributed by atoms with Crippen LogP contribution in [0.25, 0.3) is 0 Å². The van der Waals surface area contributed by atoms with Crippen molar-refractivity contribution in [2.45, 2.75) is 12.8 Å². The van der Waals surface area contributed by atoms with Crippen LogP contribution in [0.5, 0.6) is 5.75 Å². The third-order valence-electron chi connectivity index (χ3n) is 2.25. The number of hydrogen-bond acceptors (Lipinski definition) is 3. The fraction of sp³-hybridized carbons (Fsp3) is 0.364. The fourth-order valence-electron chi connectivity index (χ4n) is 1.43. The highest BCUT2D eigenvalue weighted by Gasteiger charge is 2.31. The van der Waals surface area contributed by atoms with Crippen molar-refractivity contribution in [2.75, 3.05) is 6.54 Å². The van der Waals surface area contributed by atoms with Crippen molar-refractivity contribution in [3.63, 3.8) is 0 Å². The van der Waals surface area contributed by atoms with Crippen LogP contribution in [0.3, 0.4) is 0 Å². The number of benzene rings is 1. The zero-order valence-electron chi connectivity index (χ0n) is 9.28. The summed E-state index contributed by atoms with van der Waals surface area (Å²) in [6, 6.07) is 5.19. The standard InChI is InChI=1S/C11H12F3NO3/c12-11(13,14)18-9-3-1-2-7(5-9)4-8(6-15)10(16)17/h1-3,5,8H,4,6,15H2,(H,16,17)/t8-/m0/s1. The molecule has 0 radical (unpaired) electrons. The van der Waals surface area contributed by atoms with Gasteiger partial charge >= 0.3 is 12.3 Å². The van der Waals surface area contributed by atoms with Gasteiger partial charge in [-0.05, 0) is 24.1 Å². The van der Waals surface area contributed by atoms with E-state index in [1.165, 1.54) is 12.1 Å². The average Bonchev–Trinajstić information content (AvgIpc) is 2.23. The Morgan fingerprint density at radius 3 is 2.61 bits per heavy atom. The van der Waals surface area contributed by atoms with Gasteiger partial charge in [0.05, 0.1) is 5.92 Å². The number of alkyl halides is 3. The lowest BCUT2D eigenvalue weighted by atomic mass is 9.99. The number of carbonyl (C=O) groups is 1. The molecule has 1 rings (SSSR count). The Kier molecular flexibility index (Phi) is 4.55. The molecule has 1 aromatic carbocycles. The predicted octanol–water partition coefficient (Wildman–Crippen LogP) is 1.79. The van der Waals surface area contributed by atoms with E-state index in [2.05, 4.69) is 4.74 Å². The molecule has 4 nitrogen and oxygen atoms in total. The Hall–Kier alpha value is -1.76. The highest BCUT2D eigenvalue weighted by Crippen LogP contribution is 2.24. The first-order valence-electron chi connectivity index (χ1n) is 5.09. The summed E-state index contributed by atoms with van der Waals surface area (Å²) in [5.74, 6) is -2.29. The van der Waals surface area contributed by atoms with Crippen LogP contribution in [-0.4, -0.2) is 24.0 Å². The molecule has 0 aliphatic heterocycles. The van der Waals surface area contributed by atoms with Gasteiger partial charge in [0.2, 0.25) is 0 Å². The number of nitrogens with two attached hydrogens (primary N) is 1. The Morgan fingerprint density at radius 1 is 1.44 bits per heavy atom. The second-order valence-electron chi connectivity index (χ2n) is 3.67. The van der Waals surface area contributed by atoms with Gasteiger partial charge in [-0.2, -0.15) is 0 Å². The summed E-state index contributed by atoms with van der Waals surface area (Å²) in [6.45, 7) is -0.0836. The van der Waals surface area contributed by atoms with E-state index in [1.807, 2.05) is 0 Å². The summed E-state index contributed by atoms with van der Waals surface area (Å²) in [4.78, 5) is 10.8. The maximum Gasteiger partial charge on any atom is 0.573 e. The molecule has 1 atom stereocenters. The zero-order chi connectivity index (χ0) is 13.8. The topological polar surface area (TPSA) is 72.5 Å². The third-order valence-corrected chi connectivity index (χ3v) is 2.25. The summed E-state index contributed by atoms with van der Waals surface area (Å²) in [5, 5.41) is 8.80. The molecule has 7 heteroatoms. The van der Waals surface area contributed by atoms with Crippen molar-refractivity contribution in [1.29, 1.82) is 0 Å². The Morgan fingerprint density at radius 2 is 2.11 bits per heavy atom. The Labute approximate surface area is 101 Å². The molecule has 0 unspecified atom stereocenters. The largest absolute Gasteiger partial charge is 0.573 e. The smallest absolute Gasteiger partial charge is 0.481 e. The first-order chi connectivity index (χ1) is 8.31. The summed E-state index contributed by atoms with van der Waals surface area (Å²) in [6.07, 6.45) is -4.71. The van der Waals surface area contributed by atoms with Gasteiger partial charge < -0.3 is 15.6 Å². The number of rotatable bonds is 5. The molecule has 0 aliphatic rings. The third kappa shape index (κ3) is 4.62. The molecule has 0 heterocycles. The van der Waals surface area contributed by atoms with Crippen molar-refractivity contribution in [3.05, 3.63) is 29.8 Å². The second kappa shape index (κ2) is 5.72. The molecule has 0 spiro atoms. The first-order valence-corrected chi connectivity index (χ1v) is 5.09. The van der Waals surface area contributed by atoms with Gasteiger partial charge in [-0.3, -0.25) is 4.79 Å². The minimum atomic E-state index is -4.77. The van der Waals surface area contributed by atoms with E-state index in [0.29, 0.717) is 5.56 Å². The molecule has 0 amide bonds. The van der Waals surface area contributed by atoms with Gasteiger partial charge in [-0.15, -0.1) is 13.2 Å². The van der Waals surface area contributed by atoms with Gasteiger partial charge in [-0.1, -0.05) is 12.1 Å². The lowest BCUT2D eigenvalue weighted by Crippen LogP contribution is -2.25. The summed E-state index contributed by atoms with van der Waals surface area (Å²) in [5.41, 5.74) is 5.69. The fourth-order valence-corrected chi connectivity index (χ4v) is 1.43. The van der Waals surface area contributed by atoms with Crippen LogP contribution in [0, 0.1) is 5.92 Å². The van der Waals surface area contributed by atoms with E-state index >= 15 is 0 Å². The van der Waals surface area contributed by atoms with Crippen LogP contribution in [0.15, 0.2) is 24.3 Å². The van der Waals surface area contributed by atoms with E-state index in [0.717, 1.165) is 12.1 Å². The van der Waals surface area contributed by atoms with Gasteiger partial charge in [-0.25, -0.2) is 0 Å². The van der Waals surface area contributed by atoms with Crippen molar-refractivity contribution in [2.24, 2.45) is 11.7 Å². The lowest BCUT2D eigenvalue weighted by Gasteiger charge is -2.12. The minimum absolute atomic E-state index is 0.0564. The molecule has 100 valence electrons. The molecular weight excluding hydrogens is 251 g/mol. The van der Waals surface area contributed by atoms with Crippen LogP contribution < -0.4 is 10.5 Å². The lowest BCUT2D eigenvalue weighted by molar-refractivity contribution is -0.274. The normalized spacial score (nSPS) is 13.1. The van der Waals surface area contributed by atoms with Gasteiger partial charge in [0.1, 0.15) is 5.75 Å². The van der Waals surface area contributed by atoms with Gasteiger partial charge in [0.15, 0.2) is 0 Å². The highest BCUT2D eigenvalue weighted by atomic mass is 19.4. The molecule has 0 saturated heterocycles. The van der Waals surface area contributed by atoms with Crippen LogP contribution >= 0.6 is 0 Å². The molecule has 0 aromatic heterocycles. The average molecular weight is 263 g/mol. The number of aliphatic carboxylic acids is 1. The minimum Gasteiger partial charge on any atom is -0.481 e. The molecular formula is C11H12F3NO3. The van der Waals surface area contributed by atoms with Crippen molar-refractivity contribution < 1.29 is 27.8 Å². The first kappa shape index (κ1) is 14.3. The van der Waals surface area contributed by atoms with E-state index in [9.17, 15) is 18.0 Å². The Bertz CT molecular complexity index is 420. The number of hydrogen-bond donors (Lipinski definition) is 2. The van der Waals surface area contributed by atoms with Gasteiger partial charge in [0, 0.05) is 6.54 Å². The van der Waals surface area contributed by atoms with Crippen LogP contribution in [0.2, 0.25) is 0 Å². The van der Waals surface area contributed by atoms with Crippen LogP contribution in [0.1, 0.15) is 5.56 Å². The summed E-state index contributed by atoms with van der Waals surface area (Å²) in [7, 11) is 0. The highest BCUT2D eigenvalue weighted by molar-refractivity contribution is 5.70. The number of carboxylic acid groups (broad SMARTS) is 1. The number of ether oxygens (including phenoxy) is 1. The molecule has 18 heavy (non-hydrogen) atoms. The maximum atomic E-state index is 12.0. The SMILES string of the molecule is NC[C@H](Cc1cccc(OC(F)(F)F)c1)C(=O)O. The van der Waals surface area contributed by atoms with Gasteiger partial charge in [0.25, 0.3) is 0 Å². The maximum absolute atomic E-state index is 12.0. The second-order valence-corrected chi connectivity index (χ2v) is 3.67. The van der Waals surface area contributed by atoms with E-state index in [1.54, 1.807) is 0 Å². The summed E-state index contributed by atoms with van der Waals surface area (Å²) < 4.78 is 39.7. The van der Waals surface area contributed by atoms with Crippen LogP contribution in [-0.2, 0) is 11.2 Å². The molecule has 0 bridgehead atoms. The number of carboxylic acids is 1. The predicted molar refractivity (Wildman–Crippen MR) is 57.0 cm³/mol. The molecule has 3 N–H and O–H groups in total. The number of halogens is 3. The van der Waals surface area contributed by atoms with Crippen molar-refractivity contribution in [1.82, 2.24) is 0 Å². The zero-order valence-corrected chi connectivity index (χ0v) is 9.28. The van der Waals surface area contributed by atoms with E-state index < -0.39 is 18.2 Å².